The summed E-state index contributed by atoms with van der Waals surface area (Å²) in [5.41, 5.74) is 9.30. The van der Waals surface area contributed by atoms with Gasteiger partial charge in [0.25, 0.3) is 35.5 Å². The Morgan fingerprint density at radius 1 is 0.690 bits per heavy atom. The molecular weight excluding hydrogens is 1250 g/mol. The summed E-state index contributed by atoms with van der Waals surface area (Å²) in [5.74, 6) is -3.27. The van der Waals surface area contributed by atoms with Crippen LogP contribution in [0, 0.1) is 13.1 Å². The van der Waals surface area contributed by atoms with Crippen LogP contribution in [0.3, 0.4) is 0 Å². The minimum absolute atomic E-state index is 0.00282. The van der Waals surface area contributed by atoms with Gasteiger partial charge in [0.15, 0.2) is 0 Å². The molecule has 0 unspecified atom stereocenters. The van der Waals surface area contributed by atoms with Gasteiger partial charge < -0.3 is 49.6 Å². The molecule has 10 rings (SSSR count). The number of hydrogen-bond acceptors (Lipinski definition) is 17. The number of fused-ring (bicyclic) bond motifs is 4. The van der Waals surface area contributed by atoms with Crippen LogP contribution in [0.25, 0.3) is 30.3 Å². The Morgan fingerprint density at radius 3 is 1.54 bits per heavy atom. The summed E-state index contributed by atoms with van der Waals surface area (Å²) in [6, 6.07) is 4.32. The van der Waals surface area contributed by atoms with E-state index in [0.717, 1.165) is 26.0 Å². The van der Waals surface area contributed by atoms with Gasteiger partial charge in [0.2, 0.25) is 0 Å². The molecule has 4 aliphatic rings. The van der Waals surface area contributed by atoms with Crippen molar-refractivity contribution in [3.05, 3.63) is 123 Å². The number of likely N-dealkylation sites (tertiary alicyclic amines) is 2. The highest BCUT2D eigenvalue weighted by Crippen LogP contribution is 2.38. The molecule has 456 valence electrons. The van der Waals surface area contributed by atoms with Crippen LogP contribution in [0.15, 0.2) is 46.6 Å². The van der Waals surface area contributed by atoms with E-state index in [0.29, 0.717) is 84.9 Å². The zero-order valence-electron chi connectivity index (χ0n) is 46.5. The molecular formula is C54H54Cl4N16O11S2. The third-order valence-corrected chi connectivity index (χ3v) is 18.0. The fraction of sp³-hybridized carbons (Fsp3) is 0.389. The van der Waals surface area contributed by atoms with Crippen molar-refractivity contribution in [3.63, 3.8) is 0 Å². The SMILES string of the molecule is [C-]#[N+]NC(=NC[C@H](NC(=O)c1c(Cl)cc2c(c1Cl)CCN(C(=O)c1cc3[nH]ncc3s1)C2)C(=O)OC)N1CC[C@H](O)C1.[C-]#[N+]NC(=NC[C@H](NC(=O)c1c(Cl)cc2c(c1Cl)CCN(C(=O)c1cc3[nH]ncc3s1)C2)C(=O)OC)N1CC[C@H](OC(C)=O)C1. The number of H-pyrrole nitrogens is 2. The molecule has 7 N–H and O–H groups in total. The number of carbonyl (C=O) groups is 7. The Balaban J connectivity index is 0.000000208. The molecule has 87 heavy (non-hydrogen) atoms. The molecule has 0 bridgehead atoms. The van der Waals surface area contributed by atoms with E-state index in [1.807, 2.05) is 0 Å². The van der Waals surface area contributed by atoms with E-state index in [4.69, 9.17) is 73.8 Å². The maximum atomic E-state index is 13.5. The Labute approximate surface area is 523 Å². The number of thiophene rings is 2. The number of ether oxygens (including phenoxy) is 3. The Kier molecular flexibility index (Phi) is 20.4. The number of aliphatic hydroxyl groups excluding tert-OH is 1. The average Bonchev–Trinajstić information content (AvgIpc) is 2.26. The average molecular weight is 1310 g/mol. The number of aliphatic imine (C=N–C) groups is 2. The number of methoxy groups -OCH3 is 2. The van der Waals surface area contributed by atoms with Crippen LogP contribution in [0.4, 0.5) is 0 Å². The highest BCUT2D eigenvalue weighted by atomic mass is 35.5. The number of β-amino-alcohol motifs (C(OH)–C–C–N with tert-alkyl or cyclic N) is 1. The molecule has 33 heteroatoms. The first-order valence-corrected chi connectivity index (χ1v) is 29.8. The predicted molar refractivity (Wildman–Crippen MR) is 322 cm³/mol. The number of guanidine groups is 2. The third kappa shape index (κ3) is 14.4. The molecule has 0 aliphatic carbocycles. The maximum absolute atomic E-state index is 13.5. The number of amides is 4. The van der Waals surface area contributed by atoms with Crippen molar-refractivity contribution in [2.24, 2.45) is 9.98 Å². The topological polar surface area (TPSA) is 319 Å². The molecule has 0 spiro atoms. The van der Waals surface area contributed by atoms with Gasteiger partial charge in [-0.1, -0.05) is 57.3 Å². The van der Waals surface area contributed by atoms with Crippen LogP contribution in [0.1, 0.15) is 82.1 Å². The van der Waals surface area contributed by atoms with Crippen molar-refractivity contribution in [2.75, 3.05) is 66.6 Å². The van der Waals surface area contributed by atoms with Crippen LogP contribution in [0.5, 0.6) is 0 Å². The highest BCUT2D eigenvalue weighted by molar-refractivity contribution is 7.21. The van der Waals surface area contributed by atoms with Crippen LogP contribution >= 0.6 is 69.1 Å². The zero-order valence-corrected chi connectivity index (χ0v) is 51.2. The molecule has 6 aromatic rings. The van der Waals surface area contributed by atoms with Gasteiger partial charge in [0, 0.05) is 59.2 Å². The lowest BCUT2D eigenvalue weighted by Gasteiger charge is -2.30. The number of benzene rings is 2. The molecule has 0 saturated carbocycles. The number of aromatic amines is 2. The molecule has 4 amide bonds. The van der Waals surface area contributed by atoms with Gasteiger partial charge in [-0.25, -0.2) is 19.6 Å². The van der Waals surface area contributed by atoms with E-state index in [-0.39, 0.29) is 93.8 Å². The Morgan fingerprint density at radius 2 is 1.14 bits per heavy atom. The number of aliphatic hydroxyl groups is 1. The monoisotopic (exact) mass is 1310 g/mol. The van der Waals surface area contributed by atoms with E-state index in [2.05, 4.69) is 61.8 Å². The normalized spacial score (nSPS) is 17.2. The van der Waals surface area contributed by atoms with E-state index >= 15 is 0 Å². The summed E-state index contributed by atoms with van der Waals surface area (Å²) in [5, 5.41) is 29.1. The van der Waals surface area contributed by atoms with Crippen molar-refractivity contribution in [3.8, 4) is 0 Å². The Bertz CT molecular complexity index is 3780. The van der Waals surface area contributed by atoms with Gasteiger partial charge in [-0.2, -0.15) is 33.2 Å². The van der Waals surface area contributed by atoms with Crippen LogP contribution in [-0.4, -0.2) is 189 Å². The lowest BCUT2D eigenvalue weighted by atomic mass is 9.96. The molecule has 2 fully saturated rings. The van der Waals surface area contributed by atoms with E-state index in [1.165, 1.54) is 43.8 Å². The molecule has 27 nitrogen and oxygen atoms in total. The minimum atomic E-state index is -1.24. The number of nitrogens with zero attached hydrogens (tertiary/aromatic N) is 10. The van der Waals surface area contributed by atoms with Crippen LogP contribution in [0.2, 0.25) is 20.1 Å². The highest BCUT2D eigenvalue weighted by Gasteiger charge is 2.35. The first kappa shape index (κ1) is 63.2. The summed E-state index contributed by atoms with van der Waals surface area (Å²) in [6.45, 7) is 18.0. The number of nitrogens with one attached hydrogen (secondary N) is 6. The van der Waals surface area contributed by atoms with Gasteiger partial charge in [-0.15, -0.1) is 22.7 Å². The van der Waals surface area contributed by atoms with Crippen LogP contribution in [-0.2, 0) is 54.5 Å². The largest absolute Gasteiger partial charge is 0.467 e. The number of esters is 3. The minimum Gasteiger partial charge on any atom is -0.467 e. The van der Waals surface area contributed by atoms with Crippen molar-refractivity contribution in [2.45, 2.75) is 70.0 Å². The van der Waals surface area contributed by atoms with E-state index < -0.39 is 47.9 Å². The number of hydrogen-bond donors (Lipinski definition) is 7. The van der Waals surface area contributed by atoms with Gasteiger partial charge in [-0.3, -0.25) is 34.2 Å². The number of carbonyl (C=O) groups excluding carboxylic acids is 7. The first-order chi connectivity index (χ1) is 41.8. The molecule has 4 aromatic heterocycles. The molecule has 4 atom stereocenters. The predicted octanol–water partition coefficient (Wildman–Crippen LogP) is 5.07. The summed E-state index contributed by atoms with van der Waals surface area (Å²) < 4.78 is 16.8. The number of halogens is 4. The number of rotatable bonds is 13. The smallest absolute Gasteiger partial charge is 0.330 e. The second kappa shape index (κ2) is 28.0. The zero-order chi connectivity index (χ0) is 62.2. The van der Waals surface area contributed by atoms with Crippen molar-refractivity contribution in [1.82, 2.24) is 61.5 Å². The summed E-state index contributed by atoms with van der Waals surface area (Å²) in [4.78, 5) is 113. The third-order valence-electron chi connectivity index (χ3n) is 14.5. The second-order valence-corrected chi connectivity index (χ2v) is 23.8. The van der Waals surface area contributed by atoms with Crippen molar-refractivity contribution < 1.29 is 52.9 Å². The first-order valence-electron chi connectivity index (χ1n) is 26.7. The fourth-order valence-electron chi connectivity index (χ4n) is 10.2. The lowest BCUT2D eigenvalue weighted by molar-refractivity contribution is -0.145. The second-order valence-electron chi connectivity index (χ2n) is 20.1. The fourth-order valence-corrected chi connectivity index (χ4v) is 13.7. The van der Waals surface area contributed by atoms with Crippen molar-refractivity contribution in [1.29, 1.82) is 0 Å². The quantitative estimate of drug-likeness (QED) is 0.0198. The van der Waals surface area contributed by atoms with Gasteiger partial charge >= 0.3 is 17.9 Å². The van der Waals surface area contributed by atoms with Gasteiger partial charge in [-0.05, 0) is 65.8 Å². The van der Waals surface area contributed by atoms with Crippen LogP contribution < -0.4 is 21.5 Å². The summed E-state index contributed by atoms with van der Waals surface area (Å²) in [7, 11) is 2.35. The van der Waals surface area contributed by atoms with Gasteiger partial charge in [0.1, 0.15) is 18.2 Å². The summed E-state index contributed by atoms with van der Waals surface area (Å²) >= 11 is 29.2. The summed E-state index contributed by atoms with van der Waals surface area (Å²) in [6.07, 6.45) is 4.28. The molecule has 4 aliphatic heterocycles. The standard InChI is InChI=1S/C28H28Cl2N8O6S.C26H26Cl2N8O5S/c1-14(39)44-16-4-6-38(13-16)28(36-31-2)32-10-20(27(42)43-3)34-25(40)23-18(29)8-15-12-37(7-5-17(15)24(23)30)26(41)21-9-19-22(45-21)11-33-35-19;1-29-34-26(36-5-3-14(37)12-36)30-9-18(25(40)41-2)32-23(38)21-16(27)7-13-11-35(6-4-15(13)22(21)28)24(39)19-8-17-20(42-19)10-31-33-17/h8-9,11,16,20H,4-7,10,12-13H2,1,3H3,(H,32,36)(H,33,35)(H,34,40);7-8,10,14,18,37H,3-6,9,11-12H2,2H3,(H,30,34)(H,31,33)(H,32,38)/t16-,20-;14-,18-/m00/s1. The Hall–Kier alpha value is -8.29. The van der Waals surface area contributed by atoms with Gasteiger partial charge in [0.05, 0.1) is 114 Å². The van der Waals surface area contributed by atoms with E-state index in [1.54, 1.807) is 56.3 Å². The van der Waals surface area contributed by atoms with E-state index in [9.17, 15) is 38.7 Å². The van der Waals surface area contributed by atoms with Crippen molar-refractivity contribution >= 4 is 143 Å². The number of aromatic nitrogens is 4. The molecule has 8 heterocycles. The maximum Gasteiger partial charge on any atom is 0.330 e. The lowest BCUT2D eigenvalue weighted by Crippen LogP contribution is -2.45. The molecule has 2 saturated heterocycles. The molecule has 0 radical (unpaired) electrons. The molecule has 2 aromatic carbocycles.